The van der Waals surface area contributed by atoms with Crippen LogP contribution in [0.1, 0.15) is 70.9 Å². The van der Waals surface area contributed by atoms with E-state index in [1.807, 2.05) is 35.2 Å². The van der Waals surface area contributed by atoms with E-state index in [1.165, 1.54) is 0 Å². The van der Waals surface area contributed by atoms with Gasteiger partial charge >= 0.3 is 6.03 Å². The lowest BCUT2D eigenvalue weighted by molar-refractivity contribution is -0.124. The van der Waals surface area contributed by atoms with Crippen molar-refractivity contribution in [1.29, 1.82) is 0 Å². The highest BCUT2D eigenvalue weighted by molar-refractivity contribution is 5.87. The van der Waals surface area contributed by atoms with Crippen molar-refractivity contribution >= 4 is 11.9 Å². The average Bonchev–Trinajstić information content (AvgIpc) is 3.25. The lowest BCUT2D eigenvalue weighted by Gasteiger charge is -2.30. The van der Waals surface area contributed by atoms with Crippen molar-refractivity contribution in [3.05, 3.63) is 65.7 Å². The molecule has 1 saturated heterocycles. The van der Waals surface area contributed by atoms with Crippen LogP contribution in [0.25, 0.3) is 0 Å². The molecule has 3 rings (SSSR count). The zero-order valence-corrected chi connectivity index (χ0v) is 25.0. The Bertz CT molecular complexity index is 1000. The fourth-order valence-corrected chi connectivity index (χ4v) is 5.22. The molecule has 0 saturated carbocycles. The summed E-state index contributed by atoms with van der Waals surface area (Å²) in [7, 11) is 0. The molecule has 1 aliphatic heterocycles. The molecule has 2 N–H and O–H groups in total. The highest BCUT2D eigenvalue weighted by Gasteiger charge is 2.27. The van der Waals surface area contributed by atoms with Crippen molar-refractivity contribution in [2.24, 2.45) is 5.92 Å². The number of nitrogens with one attached hydrogen (secondary N) is 2. The predicted molar refractivity (Wildman–Crippen MR) is 162 cm³/mol. The number of hydrogen-bond acceptors (Lipinski definition) is 4. The molecule has 2 atom stereocenters. The number of likely N-dealkylation sites (tertiary alicyclic amines) is 1. The molecule has 7 heteroatoms. The maximum atomic E-state index is 13.6. The summed E-state index contributed by atoms with van der Waals surface area (Å²) in [6.07, 6.45) is 5.68. The van der Waals surface area contributed by atoms with Crippen LogP contribution in [0.4, 0.5) is 4.79 Å². The van der Waals surface area contributed by atoms with E-state index in [9.17, 15) is 9.59 Å². The first-order valence-corrected chi connectivity index (χ1v) is 15.2. The fourth-order valence-electron chi connectivity index (χ4n) is 5.22. The first kappa shape index (κ1) is 31.5. The molecule has 2 aromatic carbocycles. The quantitative estimate of drug-likeness (QED) is 0.320. The Hall–Kier alpha value is -3.06. The van der Waals surface area contributed by atoms with Crippen molar-refractivity contribution in [2.75, 3.05) is 32.7 Å². The van der Waals surface area contributed by atoms with Crippen LogP contribution >= 0.6 is 0 Å². The number of urea groups is 1. The first-order chi connectivity index (χ1) is 19.4. The molecule has 0 aliphatic carbocycles. The normalized spacial score (nSPS) is 15.4. The molecule has 0 radical (unpaired) electrons. The minimum absolute atomic E-state index is 0.0757. The van der Waals surface area contributed by atoms with Crippen molar-refractivity contribution < 1.29 is 14.3 Å². The van der Waals surface area contributed by atoms with Gasteiger partial charge in [0.2, 0.25) is 5.91 Å². The highest BCUT2D eigenvalue weighted by Crippen LogP contribution is 2.17. The van der Waals surface area contributed by atoms with Crippen LogP contribution in [-0.4, -0.2) is 66.5 Å². The van der Waals surface area contributed by atoms with Gasteiger partial charge in [-0.3, -0.25) is 4.79 Å². The smallest absolute Gasteiger partial charge is 0.318 e. The van der Waals surface area contributed by atoms with Gasteiger partial charge in [-0.2, -0.15) is 0 Å². The van der Waals surface area contributed by atoms with E-state index in [4.69, 9.17) is 4.74 Å². The van der Waals surface area contributed by atoms with Crippen LogP contribution < -0.4 is 15.4 Å². The number of amides is 3. The molecule has 0 aromatic heterocycles. The SMILES string of the molecule is CCN(CC)CC(Cc1ccc(OCc2ccccc2)cc1)NC(=O)C(CC(C)C)NC(=O)N1CCCCCC1. The van der Waals surface area contributed by atoms with E-state index in [1.54, 1.807) is 0 Å². The number of carbonyl (C=O) groups excluding carboxylic acids is 2. The fraction of sp³-hybridized carbons (Fsp3) is 0.576. The van der Waals surface area contributed by atoms with E-state index in [0.29, 0.717) is 19.4 Å². The second kappa shape index (κ2) is 16.9. The molecular formula is C33H50N4O3. The van der Waals surface area contributed by atoms with Gasteiger partial charge in [0.15, 0.2) is 0 Å². The second-order valence-corrected chi connectivity index (χ2v) is 11.3. The van der Waals surface area contributed by atoms with Crippen molar-refractivity contribution in [3.8, 4) is 5.75 Å². The third-order valence-electron chi connectivity index (χ3n) is 7.59. The zero-order valence-electron chi connectivity index (χ0n) is 25.0. The van der Waals surface area contributed by atoms with E-state index in [2.05, 4.69) is 67.5 Å². The van der Waals surface area contributed by atoms with Gasteiger partial charge in [-0.05, 0) is 68.0 Å². The van der Waals surface area contributed by atoms with Crippen molar-refractivity contribution in [3.63, 3.8) is 0 Å². The number of ether oxygens (including phenoxy) is 1. The lowest BCUT2D eigenvalue weighted by Crippen LogP contribution is -2.55. The Morgan fingerprint density at radius 2 is 1.52 bits per heavy atom. The Morgan fingerprint density at radius 1 is 0.875 bits per heavy atom. The molecule has 0 bridgehead atoms. The highest BCUT2D eigenvalue weighted by atomic mass is 16.5. The molecule has 2 aromatic rings. The Labute approximate surface area is 241 Å². The van der Waals surface area contributed by atoms with E-state index in [0.717, 1.165) is 75.3 Å². The van der Waals surface area contributed by atoms with Crippen LogP contribution in [-0.2, 0) is 17.8 Å². The summed E-state index contributed by atoms with van der Waals surface area (Å²) in [4.78, 5) is 30.9. The van der Waals surface area contributed by atoms with Crippen LogP contribution in [0, 0.1) is 5.92 Å². The van der Waals surface area contributed by atoms with Crippen LogP contribution in [0.15, 0.2) is 54.6 Å². The molecule has 0 spiro atoms. The summed E-state index contributed by atoms with van der Waals surface area (Å²) < 4.78 is 5.96. The van der Waals surface area contributed by atoms with Crippen molar-refractivity contribution in [1.82, 2.24) is 20.4 Å². The van der Waals surface area contributed by atoms with Gasteiger partial charge in [-0.1, -0.05) is 83.0 Å². The Kier molecular flexibility index (Phi) is 13.3. The number of carbonyl (C=O) groups is 2. The maximum Gasteiger partial charge on any atom is 0.318 e. The summed E-state index contributed by atoms with van der Waals surface area (Å²) in [5.74, 6) is 1.01. The molecule has 3 amide bonds. The standard InChI is InChI=1S/C33H50N4O3/c1-5-36(6-2)24-29(23-27-16-18-30(19-17-27)40-25-28-14-10-9-11-15-28)34-32(38)31(22-26(3)4)35-33(39)37-20-12-7-8-13-21-37/h9-11,14-19,26,29,31H,5-8,12-13,20-25H2,1-4H3,(H,34,38)(H,35,39). The number of likely N-dealkylation sites (N-methyl/N-ethyl adjacent to an activating group) is 1. The van der Waals surface area contributed by atoms with E-state index in [-0.39, 0.29) is 23.9 Å². The minimum atomic E-state index is -0.552. The number of rotatable bonds is 14. The molecule has 1 fully saturated rings. The first-order valence-electron chi connectivity index (χ1n) is 15.2. The zero-order chi connectivity index (χ0) is 28.7. The largest absolute Gasteiger partial charge is 0.489 e. The average molecular weight is 551 g/mol. The number of benzene rings is 2. The van der Waals surface area contributed by atoms with Gasteiger partial charge in [0, 0.05) is 25.7 Å². The van der Waals surface area contributed by atoms with Gasteiger partial charge in [0.25, 0.3) is 0 Å². The van der Waals surface area contributed by atoms with Gasteiger partial charge in [-0.15, -0.1) is 0 Å². The van der Waals surface area contributed by atoms with Gasteiger partial charge < -0.3 is 25.2 Å². The van der Waals surface area contributed by atoms with Crippen LogP contribution in [0.2, 0.25) is 0 Å². The van der Waals surface area contributed by atoms with Gasteiger partial charge in [-0.25, -0.2) is 4.79 Å². The number of hydrogen-bond donors (Lipinski definition) is 2. The molecule has 220 valence electrons. The number of nitrogens with zero attached hydrogens (tertiary/aromatic N) is 2. The molecular weight excluding hydrogens is 500 g/mol. The van der Waals surface area contributed by atoms with Gasteiger partial charge in [0.05, 0.1) is 0 Å². The molecule has 40 heavy (non-hydrogen) atoms. The maximum absolute atomic E-state index is 13.6. The summed E-state index contributed by atoms with van der Waals surface area (Å²) in [6, 6.07) is 17.5. The molecule has 2 unspecified atom stereocenters. The Balaban J connectivity index is 1.65. The monoisotopic (exact) mass is 550 g/mol. The summed E-state index contributed by atoms with van der Waals surface area (Å²) in [5.41, 5.74) is 2.27. The second-order valence-electron chi connectivity index (χ2n) is 11.3. The molecule has 1 aliphatic rings. The third kappa shape index (κ3) is 10.8. The Morgan fingerprint density at radius 3 is 2.12 bits per heavy atom. The van der Waals surface area contributed by atoms with Crippen LogP contribution in [0.5, 0.6) is 5.75 Å². The summed E-state index contributed by atoms with van der Waals surface area (Å²) in [6.45, 7) is 13.1. The van der Waals surface area contributed by atoms with E-state index < -0.39 is 6.04 Å². The predicted octanol–water partition coefficient (Wildman–Crippen LogP) is 5.64. The summed E-state index contributed by atoms with van der Waals surface area (Å²) >= 11 is 0. The summed E-state index contributed by atoms with van der Waals surface area (Å²) in [5, 5.41) is 6.38. The topological polar surface area (TPSA) is 73.9 Å². The minimum Gasteiger partial charge on any atom is -0.489 e. The van der Waals surface area contributed by atoms with Crippen LogP contribution in [0.3, 0.4) is 0 Å². The molecule has 1 heterocycles. The lowest BCUT2D eigenvalue weighted by atomic mass is 10.0. The van der Waals surface area contributed by atoms with Gasteiger partial charge in [0.1, 0.15) is 18.4 Å². The van der Waals surface area contributed by atoms with Crippen molar-refractivity contribution in [2.45, 2.75) is 84.9 Å². The van der Waals surface area contributed by atoms with E-state index >= 15 is 0 Å². The molecule has 7 nitrogen and oxygen atoms in total. The third-order valence-corrected chi connectivity index (χ3v) is 7.59.